The summed E-state index contributed by atoms with van der Waals surface area (Å²) < 4.78 is 42.3. The Balaban J connectivity index is 1.75. The summed E-state index contributed by atoms with van der Waals surface area (Å²) in [6, 6.07) is 1.96. The van der Waals surface area contributed by atoms with Gasteiger partial charge in [-0.05, 0) is 44.4 Å². The summed E-state index contributed by atoms with van der Waals surface area (Å²) in [5.74, 6) is 0.243. The summed E-state index contributed by atoms with van der Waals surface area (Å²) in [5.41, 5.74) is 1.82. The monoisotopic (exact) mass is 417 g/mol. The Morgan fingerprint density at radius 2 is 2.07 bits per heavy atom. The molecule has 0 aromatic carbocycles. The smallest absolute Gasteiger partial charge is 0.349 e. The molecule has 1 aliphatic carbocycles. The lowest BCUT2D eigenvalue weighted by Gasteiger charge is -2.32. The van der Waals surface area contributed by atoms with Crippen LogP contribution in [0, 0.1) is 6.92 Å². The number of amides is 1. The lowest BCUT2D eigenvalue weighted by Crippen LogP contribution is -2.33. The van der Waals surface area contributed by atoms with Crippen LogP contribution in [-0.2, 0) is 7.05 Å². The zero-order valence-corrected chi connectivity index (χ0v) is 17.0. The number of allylic oxidation sites excluding steroid dienone is 1. The van der Waals surface area contributed by atoms with E-state index in [1.165, 1.54) is 6.20 Å². The Labute approximate surface area is 172 Å². The third-order valence-corrected chi connectivity index (χ3v) is 5.36. The molecule has 1 fully saturated rings. The summed E-state index contributed by atoms with van der Waals surface area (Å²) in [5, 5.41) is 2.91. The predicted octanol–water partition coefficient (Wildman–Crippen LogP) is 3.89. The van der Waals surface area contributed by atoms with Crippen LogP contribution in [-0.4, -0.2) is 44.1 Å². The molecule has 0 radical (unpaired) electrons. The molecular weight excluding hydrogens is 395 g/mol. The first-order chi connectivity index (χ1) is 14.1. The van der Waals surface area contributed by atoms with Gasteiger partial charge < -0.3 is 14.8 Å². The molecule has 158 valence electrons. The van der Waals surface area contributed by atoms with Crippen LogP contribution in [0.15, 0.2) is 24.5 Å². The van der Waals surface area contributed by atoms with E-state index in [0.29, 0.717) is 28.3 Å². The standard InChI is InChI=1S/C21H22F3N5O/c1-5-29-12(3)18-15(9-16(29)21(22,23)24)27-19(28(18)4)17-11(2)8-13(10-25-17)20(30)26-14-6-7-14/h8-10,14H,3,5-7H2,1-2,4H3,(H,26,30). The van der Waals surface area contributed by atoms with Gasteiger partial charge in [0.05, 0.1) is 22.6 Å². The maximum absolute atomic E-state index is 13.5. The normalized spacial score (nSPS) is 16.4. The first kappa shape index (κ1) is 20.2. The highest BCUT2D eigenvalue weighted by Gasteiger charge is 2.42. The maximum atomic E-state index is 13.5. The van der Waals surface area contributed by atoms with Crippen molar-refractivity contribution in [3.05, 3.63) is 47.1 Å². The van der Waals surface area contributed by atoms with Gasteiger partial charge in [-0.2, -0.15) is 13.2 Å². The zero-order chi connectivity index (χ0) is 21.8. The molecule has 2 aromatic rings. The number of rotatable bonds is 4. The number of fused-ring (bicyclic) bond motifs is 1. The van der Waals surface area contributed by atoms with E-state index in [1.807, 2.05) is 0 Å². The number of hydrogen-bond donors (Lipinski definition) is 1. The molecule has 2 aliphatic rings. The number of halogens is 3. The Hall–Kier alpha value is -3.10. The van der Waals surface area contributed by atoms with Crippen molar-refractivity contribution in [2.75, 3.05) is 6.54 Å². The van der Waals surface area contributed by atoms with Gasteiger partial charge in [-0.3, -0.25) is 9.78 Å². The van der Waals surface area contributed by atoms with Gasteiger partial charge in [0.25, 0.3) is 5.91 Å². The van der Waals surface area contributed by atoms with Gasteiger partial charge in [-0.1, -0.05) is 6.58 Å². The summed E-state index contributed by atoms with van der Waals surface area (Å²) in [6.07, 6.45) is -0.0248. The maximum Gasteiger partial charge on any atom is 0.431 e. The number of alkyl halides is 3. The van der Waals surface area contributed by atoms with Gasteiger partial charge in [0.15, 0.2) is 5.82 Å². The minimum atomic E-state index is -4.51. The van der Waals surface area contributed by atoms with E-state index in [1.54, 1.807) is 31.5 Å². The number of pyridine rings is 1. The van der Waals surface area contributed by atoms with Gasteiger partial charge in [0, 0.05) is 25.8 Å². The molecule has 3 heterocycles. The molecule has 6 nitrogen and oxygen atoms in total. The van der Waals surface area contributed by atoms with E-state index in [-0.39, 0.29) is 29.9 Å². The van der Waals surface area contributed by atoms with Crippen LogP contribution in [0.1, 0.15) is 47.1 Å². The number of nitrogens with zero attached hydrogens (tertiary/aromatic N) is 4. The Bertz CT molecular complexity index is 1080. The molecule has 1 amide bonds. The molecule has 0 bridgehead atoms. The van der Waals surface area contributed by atoms with Gasteiger partial charge in [-0.15, -0.1) is 0 Å². The van der Waals surface area contributed by atoms with E-state index in [0.717, 1.165) is 23.8 Å². The average Bonchev–Trinajstić information content (AvgIpc) is 3.42. The third-order valence-electron chi connectivity index (χ3n) is 5.36. The molecule has 2 aromatic heterocycles. The van der Waals surface area contributed by atoms with E-state index in [4.69, 9.17) is 0 Å². The minimum Gasteiger partial charge on any atom is -0.349 e. The third kappa shape index (κ3) is 3.38. The molecule has 1 N–H and O–H groups in total. The van der Waals surface area contributed by atoms with E-state index >= 15 is 0 Å². The van der Waals surface area contributed by atoms with Crippen molar-refractivity contribution in [1.29, 1.82) is 0 Å². The topological polar surface area (TPSA) is 63.1 Å². The lowest BCUT2D eigenvalue weighted by molar-refractivity contribution is -0.105. The number of aryl methyl sites for hydroxylation is 1. The average molecular weight is 417 g/mol. The van der Waals surface area contributed by atoms with Crippen LogP contribution in [0.3, 0.4) is 0 Å². The fourth-order valence-corrected chi connectivity index (χ4v) is 3.68. The van der Waals surface area contributed by atoms with Crippen molar-refractivity contribution in [3.8, 4) is 11.5 Å². The quantitative estimate of drug-likeness (QED) is 0.820. The van der Waals surface area contributed by atoms with Gasteiger partial charge in [0.2, 0.25) is 0 Å². The molecule has 9 heteroatoms. The molecule has 0 spiro atoms. The lowest BCUT2D eigenvalue weighted by atomic mass is 10.1. The molecule has 0 unspecified atom stereocenters. The van der Waals surface area contributed by atoms with Crippen LogP contribution < -0.4 is 5.32 Å². The van der Waals surface area contributed by atoms with Crippen molar-refractivity contribution in [3.63, 3.8) is 0 Å². The van der Waals surface area contributed by atoms with Gasteiger partial charge >= 0.3 is 6.18 Å². The molecule has 1 aliphatic heterocycles. The van der Waals surface area contributed by atoms with Crippen molar-refractivity contribution in [2.45, 2.75) is 38.9 Å². The van der Waals surface area contributed by atoms with Crippen LogP contribution in [0.25, 0.3) is 23.3 Å². The highest BCUT2D eigenvalue weighted by atomic mass is 19.4. The SMILES string of the molecule is C=C1c2c(nc(-c3ncc(C(=O)NC4CC4)cc3C)n2C)C=C(C(F)(F)F)N1CC. The van der Waals surface area contributed by atoms with E-state index in [9.17, 15) is 18.0 Å². The number of hydrogen-bond acceptors (Lipinski definition) is 4. The first-order valence-electron chi connectivity index (χ1n) is 9.72. The molecule has 0 atom stereocenters. The fourth-order valence-electron chi connectivity index (χ4n) is 3.68. The highest BCUT2D eigenvalue weighted by molar-refractivity contribution is 5.94. The number of carbonyl (C=O) groups is 1. The van der Waals surface area contributed by atoms with Crippen molar-refractivity contribution in [1.82, 2.24) is 24.8 Å². The number of aromatic nitrogens is 3. The Morgan fingerprint density at radius 1 is 1.37 bits per heavy atom. The summed E-state index contributed by atoms with van der Waals surface area (Å²) in [7, 11) is 1.72. The Kier molecular flexibility index (Phi) is 4.71. The molecule has 1 saturated carbocycles. The van der Waals surface area contributed by atoms with Crippen LogP contribution in [0.5, 0.6) is 0 Å². The number of nitrogens with one attached hydrogen (secondary N) is 1. The van der Waals surface area contributed by atoms with Gasteiger partial charge in [0.1, 0.15) is 11.4 Å². The largest absolute Gasteiger partial charge is 0.431 e. The van der Waals surface area contributed by atoms with E-state index in [2.05, 4.69) is 21.9 Å². The minimum absolute atomic E-state index is 0.131. The second-order valence-corrected chi connectivity index (χ2v) is 7.58. The van der Waals surface area contributed by atoms with Crippen molar-refractivity contribution >= 4 is 17.7 Å². The van der Waals surface area contributed by atoms with Crippen molar-refractivity contribution < 1.29 is 18.0 Å². The summed E-state index contributed by atoms with van der Waals surface area (Å²) >= 11 is 0. The molecule has 4 rings (SSSR count). The molecule has 30 heavy (non-hydrogen) atoms. The van der Waals surface area contributed by atoms with Crippen LogP contribution >= 0.6 is 0 Å². The second-order valence-electron chi connectivity index (χ2n) is 7.58. The second kappa shape index (κ2) is 7.00. The Morgan fingerprint density at radius 3 is 2.63 bits per heavy atom. The predicted molar refractivity (Wildman–Crippen MR) is 107 cm³/mol. The number of imidazole rings is 1. The van der Waals surface area contributed by atoms with E-state index < -0.39 is 11.9 Å². The zero-order valence-electron chi connectivity index (χ0n) is 17.0. The van der Waals surface area contributed by atoms with Crippen LogP contribution in [0.2, 0.25) is 0 Å². The van der Waals surface area contributed by atoms with Crippen LogP contribution in [0.4, 0.5) is 13.2 Å². The summed E-state index contributed by atoms with van der Waals surface area (Å²) in [6.45, 7) is 7.46. The highest BCUT2D eigenvalue weighted by Crippen LogP contribution is 2.41. The molecule has 0 saturated heterocycles. The fraction of sp³-hybridized carbons (Fsp3) is 0.381. The molecular formula is C21H22F3N5O. The summed E-state index contributed by atoms with van der Waals surface area (Å²) in [4.78, 5) is 22.2. The van der Waals surface area contributed by atoms with Gasteiger partial charge in [-0.25, -0.2) is 4.98 Å². The first-order valence-corrected chi connectivity index (χ1v) is 9.72. The van der Waals surface area contributed by atoms with Crippen molar-refractivity contribution in [2.24, 2.45) is 7.05 Å². The number of carbonyl (C=O) groups excluding carboxylic acids is 1.